The van der Waals surface area contributed by atoms with Gasteiger partial charge >= 0.3 is 5.97 Å². The van der Waals surface area contributed by atoms with E-state index < -0.39 is 30.6 Å². The van der Waals surface area contributed by atoms with E-state index in [1.165, 1.54) is 36.4 Å². The first-order chi connectivity index (χ1) is 15.2. The quantitative estimate of drug-likeness (QED) is 0.422. The number of hydrogen-bond donors (Lipinski definition) is 2. The molecule has 0 radical (unpaired) electrons. The van der Waals surface area contributed by atoms with Crippen LogP contribution in [0.3, 0.4) is 0 Å². The zero-order valence-electron chi connectivity index (χ0n) is 17.9. The van der Waals surface area contributed by atoms with Gasteiger partial charge in [0, 0.05) is 0 Å². The van der Waals surface area contributed by atoms with Crippen LogP contribution in [0.4, 0.5) is 4.39 Å². The first-order valence-electron chi connectivity index (χ1n) is 9.98. The molecule has 3 atom stereocenters. The van der Waals surface area contributed by atoms with Crippen molar-refractivity contribution in [3.63, 3.8) is 0 Å². The SMILES string of the molecule is CC1(C)O[C@@H](COCC(=O)O)[C@@H](/C=C/C=C/C#C/C=C/[C@H](O)COc2ccc(F)cc2)O1. The summed E-state index contributed by atoms with van der Waals surface area (Å²) in [7, 11) is 0. The molecule has 1 aromatic rings. The Morgan fingerprint density at radius 1 is 1.22 bits per heavy atom. The van der Waals surface area contributed by atoms with E-state index in [9.17, 15) is 14.3 Å². The summed E-state index contributed by atoms with van der Waals surface area (Å²) < 4.78 is 34.8. The zero-order valence-corrected chi connectivity index (χ0v) is 17.9. The van der Waals surface area contributed by atoms with Gasteiger partial charge in [0.1, 0.15) is 43.1 Å². The van der Waals surface area contributed by atoms with Gasteiger partial charge in [0.2, 0.25) is 0 Å². The summed E-state index contributed by atoms with van der Waals surface area (Å²) in [6.07, 6.45) is 8.25. The average Bonchev–Trinajstić information content (AvgIpc) is 3.02. The predicted octanol–water partition coefficient (Wildman–Crippen LogP) is 2.86. The minimum Gasteiger partial charge on any atom is -0.491 e. The molecule has 2 rings (SSSR count). The van der Waals surface area contributed by atoms with Gasteiger partial charge in [-0.1, -0.05) is 30.1 Å². The van der Waals surface area contributed by atoms with E-state index in [2.05, 4.69) is 11.8 Å². The van der Waals surface area contributed by atoms with Crippen LogP contribution in [0.5, 0.6) is 5.75 Å². The van der Waals surface area contributed by atoms with Gasteiger partial charge in [-0.25, -0.2) is 9.18 Å². The molecular formula is C24H27FO7. The Kier molecular flexibility index (Phi) is 10.1. The highest BCUT2D eigenvalue weighted by atomic mass is 19.1. The molecule has 2 N–H and O–H groups in total. The largest absolute Gasteiger partial charge is 0.491 e. The molecule has 0 aromatic heterocycles. The standard InChI is InChI=1S/C24H27FO7/c1-24(2)31-21(22(32-24)16-29-17-23(27)28)10-8-6-4-3-5-7-9-19(26)15-30-20-13-11-18(25)12-14-20/h4,6-14,19,21-22,26H,15-17H2,1-2H3,(H,27,28)/b6-4+,9-7+,10-8+/t19-,21+,22-/m0/s1. The molecule has 172 valence electrons. The fraction of sp³-hybridized carbons (Fsp3) is 0.375. The predicted molar refractivity (Wildman–Crippen MR) is 115 cm³/mol. The number of aliphatic hydroxyl groups is 1. The summed E-state index contributed by atoms with van der Waals surface area (Å²) in [5, 5.41) is 18.5. The summed E-state index contributed by atoms with van der Waals surface area (Å²) in [6, 6.07) is 5.53. The molecule has 8 heteroatoms. The minimum atomic E-state index is -1.04. The topological polar surface area (TPSA) is 94.5 Å². The van der Waals surface area contributed by atoms with E-state index in [-0.39, 0.29) is 25.1 Å². The van der Waals surface area contributed by atoms with Gasteiger partial charge < -0.3 is 29.2 Å². The number of rotatable bonds is 10. The molecule has 0 spiro atoms. The van der Waals surface area contributed by atoms with Crippen LogP contribution in [-0.4, -0.2) is 60.1 Å². The molecule has 0 amide bonds. The molecule has 32 heavy (non-hydrogen) atoms. The lowest BCUT2D eigenvalue weighted by molar-refractivity contribution is -0.152. The summed E-state index contributed by atoms with van der Waals surface area (Å²) >= 11 is 0. The third-order valence-electron chi connectivity index (χ3n) is 4.04. The number of allylic oxidation sites excluding steroid dienone is 4. The second-order valence-electron chi connectivity index (χ2n) is 7.27. The van der Waals surface area contributed by atoms with Crippen LogP contribution >= 0.6 is 0 Å². The Morgan fingerprint density at radius 2 is 1.94 bits per heavy atom. The Labute approximate surface area is 186 Å². The van der Waals surface area contributed by atoms with E-state index in [1.54, 1.807) is 38.2 Å². The van der Waals surface area contributed by atoms with Crippen LogP contribution in [-0.2, 0) is 19.0 Å². The van der Waals surface area contributed by atoms with Gasteiger partial charge in [0.25, 0.3) is 0 Å². The number of ether oxygens (including phenoxy) is 4. The lowest BCUT2D eigenvalue weighted by Crippen LogP contribution is -2.27. The van der Waals surface area contributed by atoms with Crippen molar-refractivity contribution in [2.75, 3.05) is 19.8 Å². The number of halogens is 1. The number of carboxylic acids is 1. The third-order valence-corrected chi connectivity index (χ3v) is 4.04. The van der Waals surface area contributed by atoms with Gasteiger partial charge in [-0.15, -0.1) is 0 Å². The molecule has 0 bridgehead atoms. The second-order valence-corrected chi connectivity index (χ2v) is 7.27. The smallest absolute Gasteiger partial charge is 0.329 e. The van der Waals surface area contributed by atoms with Gasteiger partial charge in [-0.3, -0.25) is 0 Å². The number of benzene rings is 1. The Balaban J connectivity index is 1.73. The van der Waals surface area contributed by atoms with Crippen molar-refractivity contribution >= 4 is 5.97 Å². The first kappa shape index (κ1) is 25.3. The number of carbonyl (C=O) groups is 1. The van der Waals surface area contributed by atoms with E-state index in [0.29, 0.717) is 5.75 Å². The van der Waals surface area contributed by atoms with Crippen molar-refractivity contribution in [2.45, 2.75) is 37.9 Å². The number of aliphatic carboxylic acids is 1. The Hall–Kier alpha value is -2.96. The number of aliphatic hydroxyl groups excluding tert-OH is 1. The van der Waals surface area contributed by atoms with Crippen LogP contribution in [0.25, 0.3) is 0 Å². The molecule has 1 aliphatic heterocycles. The lowest BCUT2D eigenvalue weighted by Gasteiger charge is -2.16. The molecule has 0 saturated carbocycles. The Bertz CT molecular complexity index is 878. The molecular weight excluding hydrogens is 419 g/mol. The summed E-state index contributed by atoms with van der Waals surface area (Å²) in [6.45, 7) is 3.29. The summed E-state index contributed by atoms with van der Waals surface area (Å²) in [5.74, 6) is 3.84. The Morgan fingerprint density at radius 3 is 2.66 bits per heavy atom. The maximum atomic E-state index is 12.8. The van der Waals surface area contributed by atoms with Crippen molar-refractivity contribution in [1.82, 2.24) is 0 Å². The highest BCUT2D eigenvalue weighted by molar-refractivity contribution is 5.67. The number of hydrogen-bond acceptors (Lipinski definition) is 6. The summed E-state index contributed by atoms with van der Waals surface area (Å²) in [5.41, 5.74) is 0. The van der Waals surface area contributed by atoms with Crippen LogP contribution in [0.1, 0.15) is 13.8 Å². The fourth-order valence-corrected chi connectivity index (χ4v) is 2.72. The van der Waals surface area contributed by atoms with E-state index in [1.807, 2.05) is 0 Å². The normalized spacial score (nSPS) is 21.1. The third kappa shape index (κ3) is 9.90. The van der Waals surface area contributed by atoms with Gasteiger partial charge in [-0.05, 0) is 56.3 Å². The van der Waals surface area contributed by atoms with Crippen molar-refractivity contribution in [3.05, 3.63) is 66.5 Å². The van der Waals surface area contributed by atoms with Crippen molar-refractivity contribution < 1.29 is 38.3 Å². The molecule has 0 unspecified atom stereocenters. The molecule has 1 saturated heterocycles. The maximum absolute atomic E-state index is 12.8. The van der Waals surface area contributed by atoms with E-state index in [0.717, 1.165) is 0 Å². The van der Waals surface area contributed by atoms with Crippen molar-refractivity contribution in [1.29, 1.82) is 0 Å². The molecule has 1 heterocycles. The van der Waals surface area contributed by atoms with Crippen LogP contribution in [0.2, 0.25) is 0 Å². The molecule has 0 aliphatic carbocycles. The highest BCUT2D eigenvalue weighted by Gasteiger charge is 2.39. The summed E-state index contributed by atoms with van der Waals surface area (Å²) in [4.78, 5) is 10.6. The van der Waals surface area contributed by atoms with Crippen LogP contribution in [0.15, 0.2) is 60.7 Å². The van der Waals surface area contributed by atoms with E-state index in [4.69, 9.17) is 24.1 Å². The molecule has 1 aromatic carbocycles. The fourth-order valence-electron chi connectivity index (χ4n) is 2.72. The van der Waals surface area contributed by atoms with E-state index >= 15 is 0 Å². The highest BCUT2D eigenvalue weighted by Crippen LogP contribution is 2.29. The zero-order chi connectivity index (χ0) is 23.4. The molecule has 7 nitrogen and oxygen atoms in total. The molecule has 1 fully saturated rings. The molecule has 1 aliphatic rings. The monoisotopic (exact) mass is 446 g/mol. The van der Waals surface area contributed by atoms with Crippen LogP contribution < -0.4 is 4.74 Å². The van der Waals surface area contributed by atoms with Gasteiger partial charge in [0.05, 0.1) is 6.61 Å². The minimum absolute atomic E-state index is 0.0273. The van der Waals surface area contributed by atoms with Crippen LogP contribution in [0, 0.1) is 17.7 Å². The lowest BCUT2D eigenvalue weighted by atomic mass is 10.2. The maximum Gasteiger partial charge on any atom is 0.329 e. The second kappa shape index (κ2) is 12.8. The van der Waals surface area contributed by atoms with Crippen molar-refractivity contribution in [3.8, 4) is 17.6 Å². The van der Waals surface area contributed by atoms with Gasteiger partial charge in [-0.2, -0.15) is 0 Å². The number of carboxylic acid groups (broad SMARTS) is 1. The first-order valence-corrected chi connectivity index (χ1v) is 9.98. The average molecular weight is 446 g/mol. The van der Waals surface area contributed by atoms with Crippen molar-refractivity contribution in [2.24, 2.45) is 0 Å². The van der Waals surface area contributed by atoms with Gasteiger partial charge in [0.15, 0.2) is 5.79 Å².